The van der Waals surface area contributed by atoms with E-state index in [-0.39, 0.29) is 48.3 Å². The van der Waals surface area contributed by atoms with Crippen LogP contribution in [0.25, 0.3) is 0 Å². The highest BCUT2D eigenvalue weighted by molar-refractivity contribution is 6.06. The smallest absolute Gasteiger partial charge is 0.233 e. The molecule has 1 heterocycles. The van der Waals surface area contributed by atoms with E-state index in [2.05, 4.69) is 5.32 Å². The number of nitrogens with zero attached hydrogens (tertiary/aromatic N) is 1. The minimum atomic E-state index is -0.364. The zero-order chi connectivity index (χ0) is 21.5. The quantitative estimate of drug-likeness (QED) is 0.715. The summed E-state index contributed by atoms with van der Waals surface area (Å²) in [7, 11) is 0. The average Bonchev–Trinajstić information content (AvgIpc) is 3.44. The number of ether oxygens (including phenoxy) is 1. The van der Waals surface area contributed by atoms with Crippen LogP contribution >= 0.6 is 0 Å². The van der Waals surface area contributed by atoms with Crippen LogP contribution in [0.4, 0.5) is 10.1 Å². The third-order valence-corrected chi connectivity index (χ3v) is 6.78. The lowest BCUT2D eigenvalue weighted by Gasteiger charge is -2.19. The fourth-order valence-corrected chi connectivity index (χ4v) is 5.41. The molecular weight excluding hydrogens is 399 g/mol. The molecule has 160 valence electrons. The Labute approximate surface area is 179 Å². The molecule has 1 N–H and O–H groups in total. The Kier molecular flexibility index (Phi) is 4.96. The van der Waals surface area contributed by atoms with Crippen molar-refractivity contribution in [1.29, 1.82) is 0 Å². The van der Waals surface area contributed by atoms with Crippen LogP contribution in [0.1, 0.15) is 25.7 Å². The van der Waals surface area contributed by atoms with Crippen LogP contribution in [0, 0.1) is 29.5 Å². The van der Waals surface area contributed by atoms with Gasteiger partial charge in [-0.15, -0.1) is 0 Å². The molecule has 2 aliphatic carbocycles. The third kappa shape index (κ3) is 3.58. The van der Waals surface area contributed by atoms with Crippen LogP contribution in [-0.2, 0) is 14.4 Å². The van der Waals surface area contributed by atoms with Gasteiger partial charge in [-0.25, -0.2) is 4.39 Å². The number of fused-ring (bicyclic) bond motifs is 5. The fraction of sp³-hybridized carbons (Fsp3) is 0.375. The maximum atomic E-state index is 13.1. The monoisotopic (exact) mass is 422 g/mol. The number of carbonyl (C=O) groups is 3. The van der Waals surface area contributed by atoms with E-state index in [4.69, 9.17) is 4.74 Å². The second-order valence-corrected chi connectivity index (χ2v) is 8.56. The summed E-state index contributed by atoms with van der Waals surface area (Å²) >= 11 is 0. The van der Waals surface area contributed by atoms with Gasteiger partial charge in [0.2, 0.25) is 17.7 Å². The lowest BCUT2D eigenvalue weighted by atomic mass is 9.81. The van der Waals surface area contributed by atoms with Crippen molar-refractivity contribution in [2.24, 2.45) is 23.7 Å². The number of carbonyl (C=O) groups excluding carboxylic acids is 3. The minimum Gasteiger partial charge on any atom is -0.455 e. The number of anilines is 1. The predicted molar refractivity (Wildman–Crippen MR) is 111 cm³/mol. The molecule has 2 aromatic rings. The Morgan fingerprint density at radius 2 is 1.65 bits per heavy atom. The first-order valence-electron chi connectivity index (χ1n) is 10.7. The summed E-state index contributed by atoms with van der Waals surface area (Å²) in [5.74, 6) is 0.317. The van der Waals surface area contributed by atoms with Gasteiger partial charge in [0.1, 0.15) is 11.6 Å². The lowest BCUT2D eigenvalue weighted by molar-refractivity contribution is -0.140. The molecule has 0 radical (unpaired) electrons. The molecule has 0 aromatic heterocycles. The summed E-state index contributed by atoms with van der Waals surface area (Å²) in [5, 5.41) is 2.79. The van der Waals surface area contributed by atoms with Crippen LogP contribution in [0.15, 0.2) is 48.5 Å². The van der Waals surface area contributed by atoms with Crippen molar-refractivity contribution < 1.29 is 23.5 Å². The fourth-order valence-electron chi connectivity index (χ4n) is 5.41. The summed E-state index contributed by atoms with van der Waals surface area (Å²) in [6.07, 6.45) is 3.08. The number of para-hydroxylation sites is 2. The van der Waals surface area contributed by atoms with Crippen molar-refractivity contribution in [3.8, 4) is 11.5 Å². The highest BCUT2D eigenvalue weighted by Gasteiger charge is 2.60. The number of halogens is 1. The maximum Gasteiger partial charge on any atom is 0.233 e. The van der Waals surface area contributed by atoms with E-state index in [1.807, 2.05) is 0 Å². The average molecular weight is 422 g/mol. The van der Waals surface area contributed by atoms with Crippen molar-refractivity contribution in [2.75, 3.05) is 11.9 Å². The molecule has 0 unspecified atom stereocenters. The van der Waals surface area contributed by atoms with E-state index < -0.39 is 0 Å². The van der Waals surface area contributed by atoms with E-state index in [1.165, 1.54) is 29.2 Å². The minimum absolute atomic E-state index is 0.0249. The van der Waals surface area contributed by atoms with Gasteiger partial charge in [0.15, 0.2) is 5.75 Å². The Balaban J connectivity index is 1.21. The zero-order valence-electron chi connectivity index (χ0n) is 16.9. The molecule has 2 saturated carbocycles. The van der Waals surface area contributed by atoms with E-state index in [1.54, 1.807) is 24.3 Å². The van der Waals surface area contributed by atoms with Crippen LogP contribution in [0.3, 0.4) is 0 Å². The Hall–Kier alpha value is -3.22. The van der Waals surface area contributed by atoms with Gasteiger partial charge in [0, 0.05) is 13.0 Å². The molecule has 2 bridgehead atoms. The highest BCUT2D eigenvalue weighted by atomic mass is 19.1. The Bertz CT molecular complexity index is 1010. The number of rotatable bonds is 6. The maximum absolute atomic E-state index is 13.1. The lowest BCUT2D eigenvalue weighted by Crippen LogP contribution is -2.35. The number of amides is 3. The summed E-state index contributed by atoms with van der Waals surface area (Å²) in [4.78, 5) is 39.4. The summed E-state index contributed by atoms with van der Waals surface area (Å²) in [5.41, 5.74) is 0.464. The van der Waals surface area contributed by atoms with Crippen LogP contribution in [0.2, 0.25) is 0 Å². The first kappa shape index (κ1) is 19.7. The second kappa shape index (κ2) is 7.80. The topological polar surface area (TPSA) is 75.7 Å². The van der Waals surface area contributed by atoms with Crippen molar-refractivity contribution in [3.05, 3.63) is 54.3 Å². The van der Waals surface area contributed by atoms with Crippen LogP contribution in [-0.4, -0.2) is 29.2 Å². The van der Waals surface area contributed by atoms with Crippen LogP contribution < -0.4 is 10.1 Å². The van der Waals surface area contributed by atoms with Crippen molar-refractivity contribution in [3.63, 3.8) is 0 Å². The number of hydrogen-bond acceptors (Lipinski definition) is 4. The molecule has 6 nitrogen and oxygen atoms in total. The molecule has 7 heteroatoms. The molecule has 3 fully saturated rings. The van der Waals surface area contributed by atoms with Gasteiger partial charge in [0.05, 0.1) is 17.5 Å². The molecule has 3 amide bonds. The molecule has 2 aromatic carbocycles. The van der Waals surface area contributed by atoms with E-state index in [0.717, 1.165) is 19.3 Å². The predicted octanol–water partition coefficient (Wildman–Crippen LogP) is 3.98. The number of nitrogens with one attached hydrogen (secondary N) is 1. The summed E-state index contributed by atoms with van der Waals surface area (Å²) in [6, 6.07) is 12.5. The molecule has 3 aliphatic rings. The van der Waals surface area contributed by atoms with Gasteiger partial charge in [-0.05, 0) is 67.5 Å². The van der Waals surface area contributed by atoms with Gasteiger partial charge >= 0.3 is 0 Å². The van der Waals surface area contributed by atoms with E-state index in [0.29, 0.717) is 29.0 Å². The van der Waals surface area contributed by atoms with Crippen molar-refractivity contribution in [1.82, 2.24) is 4.90 Å². The number of likely N-dealkylation sites (tertiary alicyclic amines) is 1. The second-order valence-electron chi connectivity index (χ2n) is 8.56. The molecule has 5 rings (SSSR count). The first-order valence-corrected chi connectivity index (χ1v) is 10.7. The summed E-state index contributed by atoms with van der Waals surface area (Å²) < 4.78 is 18.9. The van der Waals surface area contributed by atoms with Crippen LogP contribution in [0.5, 0.6) is 11.5 Å². The molecule has 4 atom stereocenters. The van der Waals surface area contributed by atoms with Gasteiger partial charge in [-0.2, -0.15) is 0 Å². The van der Waals surface area contributed by atoms with E-state index in [9.17, 15) is 18.8 Å². The Morgan fingerprint density at radius 1 is 1.00 bits per heavy atom. The molecular formula is C24H23FN2O4. The molecule has 31 heavy (non-hydrogen) atoms. The Morgan fingerprint density at radius 3 is 2.32 bits per heavy atom. The molecule has 1 saturated heterocycles. The normalized spacial score (nSPS) is 26.3. The van der Waals surface area contributed by atoms with Gasteiger partial charge in [-0.3, -0.25) is 19.3 Å². The first-order chi connectivity index (χ1) is 15.0. The van der Waals surface area contributed by atoms with Gasteiger partial charge in [-0.1, -0.05) is 12.1 Å². The van der Waals surface area contributed by atoms with Gasteiger partial charge in [0.25, 0.3) is 0 Å². The zero-order valence-corrected chi connectivity index (χ0v) is 16.9. The standard InChI is InChI=1S/C24H23FN2O4/c25-16-7-9-17(10-8-16)31-19-4-2-1-3-18(19)26-20(28)11-12-27-23(29)21-14-5-6-15(13-14)22(21)24(27)30/h1-4,7-10,14-15,21-22H,5-6,11-13H2,(H,26,28)/t14-,15-,21-,22+/m0/s1. The third-order valence-electron chi connectivity index (χ3n) is 6.78. The van der Waals surface area contributed by atoms with Gasteiger partial charge < -0.3 is 10.1 Å². The number of imide groups is 1. The number of benzene rings is 2. The van der Waals surface area contributed by atoms with Crippen molar-refractivity contribution >= 4 is 23.4 Å². The SMILES string of the molecule is O=C(CCN1C(=O)[C@@H]2[C@H]3CC[C@@H](C3)[C@@H]2C1=O)Nc1ccccc1Oc1ccc(F)cc1. The summed E-state index contributed by atoms with van der Waals surface area (Å²) in [6.45, 7) is 0.0942. The van der Waals surface area contributed by atoms with Crippen molar-refractivity contribution in [2.45, 2.75) is 25.7 Å². The largest absolute Gasteiger partial charge is 0.455 e. The molecule has 1 aliphatic heterocycles. The number of hydrogen-bond donors (Lipinski definition) is 1. The highest BCUT2D eigenvalue weighted by Crippen LogP contribution is 2.56. The van der Waals surface area contributed by atoms with E-state index >= 15 is 0 Å². The molecule has 0 spiro atoms.